The van der Waals surface area contributed by atoms with E-state index in [1.807, 2.05) is 7.05 Å². The average molecular weight is 184 g/mol. The van der Waals surface area contributed by atoms with Crippen LogP contribution in [0.5, 0.6) is 0 Å². The maximum atomic E-state index is 11.4. The SMILES string of the molecule is CNCC(C)Cn1ncn(C)c1=O. The van der Waals surface area contributed by atoms with Crippen molar-refractivity contribution in [2.24, 2.45) is 13.0 Å². The van der Waals surface area contributed by atoms with E-state index in [1.54, 1.807) is 7.05 Å². The molecular formula is C8H16N4O. The second-order valence-electron chi connectivity index (χ2n) is 3.37. The summed E-state index contributed by atoms with van der Waals surface area (Å²) < 4.78 is 2.97. The van der Waals surface area contributed by atoms with Gasteiger partial charge in [0.15, 0.2) is 0 Å². The topological polar surface area (TPSA) is 51.9 Å². The molecule has 1 aromatic rings. The van der Waals surface area contributed by atoms with Crippen LogP contribution in [0.4, 0.5) is 0 Å². The smallest absolute Gasteiger partial charge is 0.319 e. The van der Waals surface area contributed by atoms with Gasteiger partial charge in [0.25, 0.3) is 0 Å². The van der Waals surface area contributed by atoms with Crippen LogP contribution in [0.2, 0.25) is 0 Å². The Morgan fingerprint density at radius 3 is 2.85 bits per heavy atom. The summed E-state index contributed by atoms with van der Waals surface area (Å²) >= 11 is 0. The second-order valence-corrected chi connectivity index (χ2v) is 3.37. The van der Waals surface area contributed by atoms with Gasteiger partial charge in [0.05, 0.1) is 6.54 Å². The zero-order valence-corrected chi connectivity index (χ0v) is 8.32. The Hall–Kier alpha value is -1.10. The van der Waals surface area contributed by atoms with Crippen molar-refractivity contribution < 1.29 is 0 Å². The number of aromatic nitrogens is 3. The number of nitrogens with one attached hydrogen (secondary N) is 1. The Labute approximate surface area is 77.4 Å². The van der Waals surface area contributed by atoms with Crippen molar-refractivity contribution >= 4 is 0 Å². The van der Waals surface area contributed by atoms with Crippen LogP contribution in [-0.4, -0.2) is 27.9 Å². The van der Waals surface area contributed by atoms with E-state index < -0.39 is 0 Å². The van der Waals surface area contributed by atoms with Crippen LogP contribution in [0.3, 0.4) is 0 Å². The normalized spacial score (nSPS) is 13.2. The number of hydrogen-bond donors (Lipinski definition) is 1. The third-order valence-corrected chi connectivity index (χ3v) is 1.92. The predicted molar refractivity (Wildman–Crippen MR) is 50.6 cm³/mol. The molecule has 0 saturated heterocycles. The highest BCUT2D eigenvalue weighted by Gasteiger charge is 2.06. The van der Waals surface area contributed by atoms with Crippen molar-refractivity contribution in [3.63, 3.8) is 0 Å². The van der Waals surface area contributed by atoms with Gasteiger partial charge in [0, 0.05) is 7.05 Å². The molecule has 1 aromatic heterocycles. The lowest BCUT2D eigenvalue weighted by Gasteiger charge is -2.08. The van der Waals surface area contributed by atoms with E-state index in [9.17, 15) is 4.79 Å². The van der Waals surface area contributed by atoms with Crippen LogP contribution in [-0.2, 0) is 13.6 Å². The van der Waals surface area contributed by atoms with Crippen molar-refractivity contribution in [3.8, 4) is 0 Å². The lowest BCUT2D eigenvalue weighted by molar-refractivity contribution is 0.424. The molecular weight excluding hydrogens is 168 g/mol. The summed E-state index contributed by atoms with van der Waals surface area (Å²) in [6, 6.07) is 0. The van der Waals surface area contributed by atoms with E-state index in [0.29, 0.717) is 12.5 Å². The largest absolute Gasteiger partial charge is 0.345 e. The highest BCUT2D eigenvalue weighted by Crippen LogP contribution is 1.94. The zero-order valence-electron chi connectivity index (χ0n) is 8.32. The average Bonchev–Trinajstić information content (AvgIpc) is 2.37. The molecule has 0 aromatic carbocycles. The summed E-state index contributed by atoms with van der Waals surface area (Å²) in [7, 11) is 3.60. The maximum Gasteiger partial charge on any atom is 0.345 e. The van der Waals surface area contributed by atoms with Gasteiger partial charge < -0.3 is 5.32 Å². The summed E-state index contributed by atoms with van der Waals surface area (Å²) in [5, 5.41) is 7.04. The summed E-state index contributed by atoms with van der Waals surface area (Å²) in [5.41, 5.74) is -0.0528. The highest BCUT2D eigenvalue weighted by atomic mass is 16.2. The minimum absolute atomic E-state index is 0.0528. The van der Waals surface area contributed by atoms with Crippen molar-refractivity contribution in [2.45, 2.75) is 13.5 Å². The lowest BCUT2D eigenvalue weighted by Crippen LogP contribution is -2.28. The molecule has 1 N–H and O–H groups in total. The second kappa shape index (κ2) is 4.23. The van der Waals surface area contributed by atoms with Gasteiger partial charge in [0.2, 0.25) is 0 Å². The Morgan fingerprint density at radius 1 is 1.69 bits per heavy atom. The minimum Gasteiger partial charge on any atom is -0.319 e. The molecule has 0 amide bonds. The van der Waals surface area contributed by atoms with E-state index >= 15 is 0 Å². The number of aryl methyl sites for hydroxylation is 1. The van der Waals surface area contributed by atoms with Gasteiger partial charge in [-0.3, -0.25) is 4.57 Å². The third kappa shape index (κ3) is 2.42. The molecule has 0 fully saturated rings. The van der Waals surface area contributed by atoms with Crippen LogP contribution in [0, 0.1) is 5.92 Å². The van der Waals surface area contributed by atoms with E-state index in [1.165, 1.54) is 15.6 Å². The molecule has 5 nitrogen and oxygen atoms in total. The molecule has 0 aliphatic rings. The Kier molecular flexibility index (Phi) is 3.25. The fraction of sp³-hybridized carbons (Fsp3) is 0.750. The minimum atomic E-state index is -0.0528. The van der Waals surface area contributed by atoms with Gasteiger partial charge in [-0.25, -0.2) is 9.48 Å². The van der Waals surface area contributed by atoms with Gasteiger partial charge in [-0.1, -0.05) is 6.92 Å². The fourth-order valence-electron chi connectivity index (χ4n) is 1.25. The summed E-state index contributed by atoms with van der Waals surface area (Å²) in [4.78, 5) is 11.4. The van der Waals surface area contributed by atoms with Crippen LogP contribution >= 0.6 is 0 Å². The van der Waals surface area contributed by atoms with E-state index in [4.69, 9.17) is 0 Å². The standard InChI is InChI=1S/C8H16N4O/c1-7(4-9-2)5-12-8(13)11(3)6-10-12/h6-7,9H,4-5H2,1-3H3. The molecule has 1 rings (SSSR count). The molecule has 13 heavy (non-hydrogen) atoms. The first-order valence-corrected chi connectivity index (χ1v) is 4.38. The number of nitrogens with zero attached hydrogens (tertiary/aromatic N) is 3. The molecule has 0 radical (unpaired) electrons. The first kappa shape index (κ1) is 9.98. The molecule has 0 spiro atoms. The third-order valence-electron chi connectivity index (χ3n) is 1.92. The van der Waals surface area contributed by atoms with Crippen molar-refractivity contribution in [2.75, 3.05) is 13.6 Å². The molecule has 74 valence electrons. The molecule has 1 atom stereocenters. The molecule has 1 heterocycles. The Bertz CT molecular complexity index is 314. The quantitative estimate of drug-likeness (QED) is 0.682. The van der Waals surface area contributed by atoms with Crippen molar-refractivity contribution in [1.82, 2.24) is 19.7 Å². The van der Waals surface area contributed by atoms with Crippen molar-refractivity contribution in [3.05, 3.63) is 16.8 Å². The molecule has 0 bridgehead atoms. The van der Waals surface area contributed by atoms with E-state index in [0.717, 1.165) is 6.54 Å². The summed E-state index contributed by atoms with van der Waals surface area (Å²) in [6.45, 7) is 3.64. The lowest BCUT2D eigenvalue weighted by atomic mass is 10.2. The molecule has 0 saturated carbocycles. The van der Waals surface area contributed by atoms with Crippen LogP contribution in [0.25, 0.3) is 0 Å². The summed E-state index contributed by atoms with van der Waals surface area (Å²) in [5.74, 6) is 0.414. The van der Waals surface area contributed by atoms with Crippen LogP contribution < -0.4 is 11.0 Å². The Morgan fingerprint density at radius 2 is 2.38 bits per heavy atom. The van der Waals surface area contributed by atoms with Crippen molar-refractivity contribution in [1.29, 1.82) is 0 Å². The van der Waals surface area contributed by atoms with Gasteiger partial charge in [0.1, 0.15) is 6.33 Å². The van der Waals surface area contributed by atoms with Crippen LogP contribution in [0.15, 0.2) is 11.1 Å². The predicted octanol–water partition coefficient (Wildman–Crippen LogP) is -0.563. The van der Waals surface area contributed by atoms with Gasteiger partial charge >= 0.3 is 5.69 Å². The summed E-state index contributed by atoms with van der Waals surface area (Å²) in [6.07, 6.45) is 1.54. The highest BCUT2D eigenvalue weighted by molar-refractivity contribution is 4.67. The molecule has 0 aliphatic heterocycles. The van der Waals surface area contributed by atoms with E-state index in [2.05, 4.69) is 17.3 Å². The van der Waals surface area contributed by atoms with Crippen LogP contribution in [0.1, 0.15) is 6.92 Å². The fourth-order valence-corrected chi connectivity index (χ4v) is 1.25. The van der Waals surface area contributed by atoms with E-state index in [-0.39, 0.29) is 5.69 Å². The first-order chi connectivity index (χ1) is 6.15. The Balaban J connectivity index is 2.64. The van der Waals surface area contributed by atoms with Gasteiger partial charge in [-0.15, -0.1) is 0 Å². The molecule has 0 aliphatic carbocycles. The number of hydrogen-bond acceptors (Lipinski definition) is 3. The van der Waals surface area contributed by atoms with Gasteiger partial charge in [-0.05, 0) is 19.5 Å². The van der Waals surface area contributed by atoms with Gasteiger partial charge in [-0.2, -0.15) is 5.10 Å². The molecule has 1 unspecified atom stereocenters. The zero-order chi connectivity index (χ0) is 9.84. The molecule has 5 heteroatoms. The monoisotopic (exact) mass is 184 g/mol. The number of rotatable bonds is 4. The first-order valence-electron chi connectivity index (χ1n) is 4.38. The maximum absolute atomic E-state index is 11.4.